The van der Waals surface area contributed by atoms with Crippen LogP contribution in [0.5, 0.6) is 0 Å². The maximum atomic E-state index is 13.6. The summed E-state index contributed by atoms with van der Waals surface area (Å²) in [6.07, 6.45) is 2.72. The molecular weight excluding hydrogens is 478 g/mol. The number of rotatable bonds is 12. The molecule has 9 heteroatoms. The number of furan rings is 1. The van der Waals surface area contributed by atoms with Crippen molar-refractivity contribution in [3.05, 3.63) is 84.3 Å². The van der Waals surface area contributed by atoms with Gasteiger partial charge in [0.15, 0.2) is 0 Å². The molecule has 36 heavy (non-hydrogen) atoms. The predicted molar refractivity (Wildman–Crippen MR) is 139 cm³/mol. The Hall–Kier alpha value is -3.43. The Kier molecular flexibility index (Phi) is 9.44. The Bertz CT molecular complexity index is 1230. The van der Waals surface area contributed by atoms with Gasteiger partial charge in [0.05, 0.1) is 24.2 Å². The zero-order valence-corrected chi connectivity index (χ0v) is 21.7. The van der Waals surface area contributed by atoms with Crippen LogP contribution in [0.2, 0.25) is 0 Å². The number of benzene rings is 2. The van der Waals surface area contributed by atoms with Crippen LogP contribution in [0.3, 0.4) is 0 Å². The Labute approximate surface area is 213 Å². The van der Waals surface area contributed by atoms with E-state index in [9.17, 15) is 18.0 Å². The van der Waals surface area contributed by atoms with Crippen molar-refractivity contribution in [1.29, 1.82) is 0 Å². The zero-order valence-electron chi connectivity index (χ0n) is 20.9. The maximum Gasteiger partial charge on any atom is 0.243 e. The number of amides is 2. The average molecular weight is 512 g/mol. The third-order valence-corrected chi connectivity index (χ3v) is 7.92. The van der Waals surface area contributed by atoms with E-state index in [1.54, 1.807) is 30.2 Å². The first-order chi connectivity index (χ1) is 17.2. The largest absolute Gasteiger partial charge is 0.467 e. The second-order valence-corrected chi connectivity index (χ2v) is 10.5. The Morgan fingerprint density at radius 2 is 1.69 bits per heavy atom. The van der Waals surface area contributed by atoms with Gasteiger partial charge >= 0.3 is 0 Å². The van der Waals surface area contributed by atoms with Gasteiger partial charge < -0.3 is 14.6 Å². The van der Waals surface area contributed by atoms with E-state index in [0.29, 0.717) is 30.8 Å². The summed E-state index contributed by atoms with van der Waals surface area (Å²) in [4.78, 5) is 26.5. The van der Waals surface area contributed by atoms with Gasteiger partial charge in [0.25, 0.3) is 0 Å². The second kappa shape index (κ2) is 12.5. The fourth-order valence-corrected chi connectivity index (χ4v) is 5.41. The first kappa shape index (κ1) is 27.2. The first-order valence-corrected chi connectivity index (χ1v) is 13.4. The van der Waals surface area contributed by atoms with Gasteiger partial charge in [-0.05, 0) is 61.7 Å². The van der Waals surface area contributed by atoms with Gasteiger partial charge in [0.2, 0.25) is 21.8 Å². The molecular formula is C27H33N3O5S. The highest BCUT2D eigenvalue weighted by Crippen LogP contribution is 2.22. The van der Waals surface area contributed by atoms with Crippen LogP contribution in [0.1, 0.15) is 38.5 Å². The molecule has 3 rings (SSSR count). The van der Waals surface area contributed by atoms with Crippen molar-refractivity contribution in [3.63, 3.8) is 0 Å². The molecule has 0 aliphatic heterocycles. The number of sulfonamides is 1. The Morgan fingerprint density at radius 1 is 1.00 bits per heavy atom. The molecule has 2 aromatic carbocycles. The summed E-state index contributed by atoms with van der Waals surface area (Å²) < 4.78 is 33.8. The predicted octanol–water partition coefficient (Wildman–Crippen LogP) is 4.30. The van der Waals surface area contributed by atoms with Gasteiger partial charge in [-0.25, -0.2) is 8.42 Å². The van der Waals surface area contributed by atoms with E-state index in [4.69, 9.17) is 4.42 Å². The van der Waals surface area contributed by atoms with Crippen molar-refractivity contribution in [1.82, 2.24) is 9.21 Å². The minimum Gasteiger partial charge on any atom is -0.467 e. The lowest BCUT2D eigenvalue weighted by Crippen LogP contribution is -2.46. The highest BCUT2D eigenvalue weighted by Gasteiger charge is 2.32. The minimum atomic E-state index is -3.97. The third kappa shape index (κ3) is 7.29. The summed E-state index contributed by atoms with van der Waals surface area (Å²) in [7, 11) is -3.97. The van der Waals surface area contributed by atoms with E-state index >= 15 is 0 Å². The topological polar surface area (TPSA) is 99.9 Å². The van der Waals surface area contributed by atoms with Crippen molar-refractivity contribution in [2.24, 2.45) is 0 Å². The van der Waals surface area contributed by atoms with Crippen molar-refractivity contribution >= 4 is 27.5 Å². The lowest BCUT2D eigenvalue weighted by atomic mass is 10.1. The number of hydrogen-bond acceptors (Lipinski definition) is 5. The molecule has 0 unspecified atom stereocenters. The van der Waals surface area contributed by atoms with Crippen LogP contribution in [-0.2, 0) is 32.6 Å². The molecule has 0 radical (unpaired) electrons. The fourth-order valence-electron chi connectivity index (χ4n) is 3.75. The Balaban J connectivity index is 1.82. The summed E-state index contributed by atoms with van der Waals surface area (Å²) in [6.45, 7) is 5.43. The Morgan fingerprint density at radius 3 is 2.28 bits per heavy atom. The number of nitrogens with zero attached hydrogens (tertiary/aromatic N) is 2. The highest BCUT2D eigenvalue weighted by molar-refractivity contribution is 7.89. The summed E-state index contributed by atoms with van der Waals surface area (Å²) in [5, 5.41) is 2.63. The van der Waals surface area contributed by atoms with Crippen molar-refractivity contribution in [2.45, 2.75) is 51.1 Å². The summed E-state index contributed by atoms with van der Waals surface area (Å²) in [5.74, 6) is 0.0774. The molecule has 3 aromatic rings. The first-order valence-electron chi connectivity index (χ1n) is 11.9. The molecule has 192 valence electrons. The van der Waals surface area contributed by atoms with E-state index in [1.165, 1.54) is 35.5 Å². The van der Waals surface area contributed by atoms with Crippen molar-refractivity contribution in [2.75, 3.05) is 18.4 Å². The number of carbonyl (C=O) groups excluding carboxylic acids is 2. The molecule has 1 aromatic heterocycles. The van der Waals surface area contributed by atoms with Crippen LogP contribution in [0.25, 0.3) is 0 Å². The zero-order chi connectivity index (χ0) is 26.1. The number of hydrogen-bond donors (Lipinski definition) is 1. The molecule has 0 fully saturated rings. The highest BCUT2D eigenvalue weighted by atomic mass is 32.2. The van der Waals surface area contributed by atoms with E-state index < -0.39 is 16.1 Å². The molecule has 1 heterocycles. The number of carbonyl (C=O) groups is 2. The van der Waals surface area contributed by atoms with E-state index in [1.807, 2.05) is 37.3 Å². The molecule has 0 saturated carbocycles. The summed E-state index contributed by atoms with van der Waals surface area (Å²) in [5.41, 5.74) is 1.58. The molecule has 1 N–H and O–H groups in total. The number of anilines is 1. The average Bonchev–Trinajstić information content (AvgIpc) is 3.38. The van der Waals surface area contributed by atoms with Crippen LogP contribution < -0.4 is 5.32 Å². The lowest BCUT2D eigenvalue weighted by Gasteiger charge is -2.30. The summed E-state index contributed by atoms with van der Waals surface area (Å²) >= 11 is 0. The lowest BCUT2D eigenvalue weighted by molar-refractivity contribution is -0.132. The summed E-state index contributed by atoms with van der Waals surface area (Å²) in [6, 6.07) is 18.9. The van der Waals surface area contributed by atoms with Crippen LogP contribution in [-0.4, -0.2) is 48.6 Å². The van der Waals surface area contributed by atoms with Gasteiger partial charge in [0.1, 0.15) is 5.76 Å². The van der Waals surface area contributed by atoms with E-state index in [2.05, 4.69) is 5.32 Å². The van der Waals surface area contributed by atoms with Crippen LogP contribution in [0.15, 0.2) is 82.3 Å². The minimum absolute atomic E-state index is 0.0616. The second-order valence-electron chi connectivity index (χ2n) is 8.64. The normalized spacial score (nSPS) is 12.3. The van der Waals surface area contributed by atoms with E-state index in [0.717, 1.165) is 5.56 Å². The number of nitrogens with one attached hydrogen (secondary N) is 1. The smallest absolute Gasteiger partial charge is 0.243 e. The SMILES string of the molecule is CC[C@H](C)N(CC(=O)N(CCc1ccccc1)Cc1ccco1)S(=O)(=O)c1ccc(NC(C)=O)cc1. The standard InChI is InChI=1S/C27H33N3O5S/c1-4-21(2)30(36(33,34)26-14-12-24(13-15-26)28-22(3)31)20-27(32)29(19-25-11-8-18-35-25)17-16-23-9-6-5-7-10-23/h5-15,18,21H,4,16-17,19-20H2,1-3H3,(H,28,31)/t21-/m0/s1. The maximum absolute atomic E-state index is 13.6. The molecule has 0 aliphatic rings. The van der Waals surface area contributed by atoms with Crippen molar-refractivity contribution in [3.8, 4) is 0 Å². The molecule has 0 spiro atoms. The molecule has 0 saturated heterocycles. The molecule has 8 nitrogen and oxygen atoms in total. The van der Waals surface area contributed by atoms with Gasteiger partial charge in [0, 0.05) is 25.2 Å². The van der Waals surface area contributed by atoms with E-state index in [-0.39, 0.29) is 29.8 Å². The molecule has 2 amide bonds. The molecule has 0 bridgehead atoms. The molecule has 0 aliphatic carbocycles. The van der Waals surface area contributed by atoms with Gasteiger partial charge in [-0.1, -0.05) is 37.3 Å². The van der Waals surface area contributed by atoms with Gasteiger partial charge in [-0.2, -0.15) is 4.31 Å². The molecule has 1 atom stereocenters. The van der Waals surface area contributed by atoms with Crippen molar-refractivity contribution < 1.29 is 22.4 Å². The van der Waals surface area contributed by atoms with Crippen LogP contribution >= 0.6 is 0 Å². The van der Waals surface area contributed by atoms with Gasteiger partial charge in [-0.15, -0.1) is 0 Å². The van der Waals surface area contributed by atoms with Crippen LogP contribution in [0, 0.1) is 0 Å². The fraction of sp³-hybridized carbons (Fsp3) is 0.333. The third-order valence-electron chi connectivity index (χ3n) is 5.95. The quantitative estimate of drug-likeness (QED) is 0.391. The van der Waals surface area contributed by atoms with Crippen LogP contribution in [0.4, 0.5) is 5.69 Å². The monoisotopic (exact) mass is 511 g/mol. The van der Waals surface area contributed by atoms with Gasteiger partial charge in [-0.3, -0.25) is 9.59 Å².